The second-order valence-corrected chi connectivity index (χ2v) is 12.3. The summed E-state index contributed by atoms with van der Waals surface area (Å²) in [4.78, 5) is 22.6. The number of aromatic nitrogens is 2. The van der Waals surface area contributed by atoms with Crippen molar-refractivity contribution in [2.45, 2.75) is 44.4 Å². The fourth-order valence-electron chi connectivity index (χ4n) is 3.42. The Morgan fingerprint density at radius 3 is 2.52 bits per heavy atom. The fraction of sp³-hybridized carbons (Fsp3) is 0.450. The highest BCUT2D eigenvalue weighted by atomic mass is 35.5. The largest absolute Gasteiger partial charge is 0.329 e. The smallest absolute Gasteiger partial charge is 0.274 e. The van der Waals surface area contributed by atoms with Crippen LogP contribution in [0.25, 0.3) is 0 Å². The lowest BCUT2D eigenvalue weighted by atomic mass is 10.1. The number of sulfone groups is 2. The van der Waals surface area contributed by atoms with Crippen LogP contribution in [0.4, 0.5) is 0 Å². The van der Waals surface area contributed by atoms with E-state index in [1.807, 2.05) is 31.2 Å². The zero-order valence-corrected chi connectivity index (χ0v) is 19.7. The third-order valence-corrected chi connectivity index (χ3v) is 8.78. The molecule has 3 rings (SSSR count). The number of halogens is 1. The molecule has 0 spiro atoms. The van der Waals surface area contributed by atoms with Gasteiger partial charge in [0.05, 0.1) is 28.5 Å². The van der Waals surface area contributed by atoms with Crippen molar-refractivity contribution in [3.63, 3.8) is 0 Å². The number of nitrogens with zero attached hydrogens (tertiary/aromatic N) is 3. The summed E-state index contributed by atoms with van der Waals surface area (Å²) < 4.78 is 48.9. The first kappa shape index (κ1) is 23.6. The lowest BCUT2D eigenvalue weighted by Gasteiger charge is -2.28. The molecule has 1 aromatic heterocycles. The number of amides is 1. The van der Waals surface area contributed by atoms with E-state index in [0.717, 1.165) is 17.3 Å². The van der Waals surface area contributed by atoms with Gasteiger partial charge in [-0.15, -0.1) is 0 Å². The maximum atomic E-state index is 13.4. The molecule has 168 valence electrons. The molecule has 0 radical (unpaired) electrons. The van der Waals surface area contributed by atoms with Crippen LogP contribution >= 0.6 is 11.6 Å². The van der Waals surface area contributed by atoms with Gasteiger partial charge in [0.1, 0.15) is 0 Å². The average molecular weight is 486 g/mol. The maximum absolute atomic E-state index is 13.4. The molecule has 8 nitrogen and oxygen atoms in total. The van der Waals surface area contributed by atoms with Gasteiger partial charge >= 0.3 is 0 Å². The Morgan fingerprint density at radius 2 is 1.94 bits per heavy atom. The van der Waals surface area contributed by atoms with Crippen LogP contribution in [0.1, 0.15) is 41.4 Å². The molecule has 1 fully saturated rings. The van der Waals surface area contributed by atoms with E-state index >= 15 is 0 Å². The molecule has 0 unspecified atom stereocenters. The van der Waals surface area contributed by atoms with E-state index in [9.17, 15) is 21.6 Å². The normalized spacial score (nSPS) is 18.1. The summed E-state index contributed by atoms with van der Waals surface area (Å²) in [7, 11) is -7.02. The van der Waals surface area contributed by atoms with Crippen LogP contribution in [-0.2, 0) is 26.2 Å². The van der Waals surface area contributed by atoms with Gasteiger partial charge < -0.3 is 4.90 Å². The molecule has 1 atom stereocenters. The van der Waals surface area contributed by atoms with E-state index in [1.165, 1.54) is 4.90 Å². The van der Waals surface area contributed by atoms with Crippen LogP contribution in [-0.4, -0.2) is 60.9 Å². The minimum atomic E-state index is -3.76. The van der Waals surface area contributed by atoms with Crippen LogP contribution in [0.15, 0.2) is 35.6 Å². The molecule has 0 bridgehead atoms. The molecule has 0 saturated carbocycles. The number of benzene rings is 1. The van der Waals surface area contributed by atoms with E-state index in [1.54, 1.807) is 6.92 Å². The summed E-state index contributed by atoms with van der Waals surface area (Å²) in [6.07, 6.45) is 1.76. The maximum Gasteiger partial charge on any atom is 0.274 e. The van der Waals surface area contributed by atoms with Crippen LogP contribution in [0.3, 0.4) is 0 Å². The van der Waals surface area contributed by atoms with Gasteiger partial charge in [0.2, 0.25) is 15.0 Å². The van der Waals surface area contributed by atoms with Crippen molar-refractivity contribution in [2.24, 2.45) is 0 Å². The van der Waals surface area contributed by atoms with Crippen LogP contribution in [0.2, 0.25) is 5.02 Å². The Hall–Kier alpha value is -2.04. The molecular weight excluding hydrogens is 462 g/mol. The number of carbonyl (C=O) groups excluding carboxylic acids is 1. The zero-order chi connectivity index (χ0) is 22.8. The predicted octanol–water partition coefficient (Wildman–Crippen LogP) is 2.45. The SMILES string of the molecule is CCCS(=O)(=O)c1ncc(Cl)c(C(=O)N(Cc2ccc(C)cc2)[C@@H]2CCS(=O)(=O)C2)n1. The van der Waals surface area contributed by atoms with E-state index in [2.05, 4.69) is 9.97 Å². The van der Waals surface area contributed by atoms with Crippen molar-refractivity contribution >= 4 is 37.2 Å². The van der Waals surface area contributed by atoms with Gasteiger partial charge in [-0.2, -0.15) is 0 Å². The number of hydrogen-bond donors (Lipinski definition) is 0. The van der Waals surface area contributed by atoms with Gasteiger partial charge in [-0.1, -0.05) is 48.4 Å². The first-order chi connectivity index (χ1) is 14.5. The van der Waals surface area contributed by atoms with Gasteiger partial charge in [0.15, 0.2) is 15.5 Å². The summed E-state index contributed by atoms with van der Waals surface area (Å²) in [5, 5.41) is -0.549. The first-order valence-corrected chi connectivity index (χ1v) is 13.7. The van der Waals surface area contributed by atoms with Crippen molar-refractivity contribution < 1.29 is 21.6 Å². The highest BCUT2D eigenvalue weighted by Gasteiger charge is 2.36. The molecular formula is C20H24ClN3O5S2. The minimum Gasteiger partial charge on any atom is -0.329 e. The monoisotopic (exact) mass is 485 g/mol. The standard InChI is InChI=1S/C20H24ClN3O5S2/c1-3-9-31(28,29)20-22-11-17(21)18(23-20)19(25)24(16-8-10-30(26,27)13-16)12-15-6-4-14(2)5-7-15/h4-7,11,16H,3,8-10,12-13H2,1-2H3/t16-/m1/s1. The van der Waals surface area contributed by atoms with Gasteiger partial charge in [-0.05, 0) is 25.3 Å². The third kappa shape index (κ3) is 5.61. The number of rotatable bonds is 7. The Bertz CT molecular complexity index is 1180. The highest BCUT2D eigenvalue weighted by Crippen LogP contribution is 2.25. The Balaban J connectivity index is 2.00. The highest BCUT2D eigenvalue weighted by molar-refractivity contribution is 7.91. The molecule has 1 aliphatic rings. The van der Waals surface area contributed by atoms with E-state index in [4.69, 9.17) is 11.6 Å². The number of hydrogen-bond acceptors (Lipinski definition) is 7. The summed E-state index contributed by atoms with van der Waals surface area (Å²) in [5.41, 5.74) is 1.62. The summed E-state index contributed by atoms with van der Waals surface area (Å²) in [6.45, 7) is 3.80. The molecule has 2 aromatic rings. The van der Waals surface area contributed by atoms with Gasteiger partial charge in [0.25, 0.3) is 5.91 Å². The van der Waals surface area contributed by atoms with E-state index in [-0.39, 0.29) is 34.5 Å². The molecule has 11 heteroatoms. The molecule has 1 aromatic carbocycles. The molecule has 2 heterocycles. The second kappa shape index (κ2) is 9.22. The van der Waals surface area contributed by atoms with Crippen molar-refractivity contribution in [3.8, 4) is 0 Å². The summed E-state index contributed by atoms with van der Waals surface area (Å²) >= 11 is 6.16. The molecule has 1 saturated heterocycles. The Morgan fingerprint density at radius 1 is 1.26 bits per heavy atom. The number of carbonyl (C=O) groups is 1. The molecule has 31 heavy (non-hydrogen) atoms. The van der Waals surface area contributed by atoms with Crippen molar-refractivity contribution in [1.29, 1.82) is 0 Å². The quantitative estimate of drug-likeness (QED) is 0.553. The topological polar surface area (TPSA) is 114 Å². The Kier molecular flexibility index (Phi) is 7.02. The third-order valence-electron chi connectivity index (χ3n) is 5.06. The second-order valence-electron chi connectivity index (χ2n) is 7.64. The summed E-state index contributed by atoms with van der Waals surface area (Å²) in [6, 6.07) is 6.96. The van der Waals surface area contributed by atoms with Crippen LogP contribution < -0.4 is 0 Å². The van der Waals surface area contributed by atoms with Gasteiger partial charge in [-0.3, -0.25) is 4.79 Å². The first-order valence-electron chi connectivity index (χ1n) is 9.84. The Labute approximate surface area is 187 Å². The number of aryl methyl sites for hydroxylation is 1. The van der Waals surface area contributed by atoms with Crippen molar-refractivity contribution in [3.05, 3.63) is 52.3 Å². The zero-order valence-electron chi connectivity index (χ0n) is 17.3. The molecule has 0 N–H and O–H groups in total. The van der Waals surface area contributed by atoms with Crippen LogP contribution in [0.5, 0.6) is 0 Å². The predicted molar refractivity (Wildman–Crippen MR) is 117 cm³/mol. The molecule has 1 aliphatic heterocycles. The fourth-order valence-corrected chi connectivity index (χ4v) is 6.49. The van der Waals surface area contributed by atoms with Gasteiger partial charge in [0, 0.05) is 12.6 Å². The van der Waals surface area contributed by atoms with E-state index in [0.29, 0.717) is 12.8 Å². The minimum absolute atomic E-state index is 0.0109. The van der Waals surface area contributed by atoms with Crippen LogP contribution in [0, 0.1) is 6.92 Å². The lowest BCUT2D eigenvalue weighted by molar-refractivity contribution is 0.0674. The molecule has 0 aliphatic carbocycles. The van der Waals surface area contributed by atoms with Crippen molar-refractivity contribution in [1.82, 2.24) is 14.9 Å². The van der Waals surface area contributed by atoms with Crippen molar-refractivity contribution in [2.75, 3.05) is 17.3 Å². The lowest BCUT2D eigenvalue weighted by Crippen LogP contribution is -2.41. The summed E-state index contributed by atoms with van der Waals surface area (Å²) in [5.74, 6) is -0.948. The average Bonchev–Trinajstić information content (AvgIpc) is 3.06. The van der Waals surface area contributed by atoms with E-state index < -0.39 is 36.8 Å². The molecule has 1 amide bonds. The van der Waals surface area contributed by atoms with Gasteiger partial charge in [-0.25, -0.2) is 26.8 Å².